The van der Waals surface area contributed by atoms with Crippen molar-refractivity contribution in [2.45, 2.75) is 31.7 Å². The molecule has 1 aromatic rings. The molecule has 0 bridgehead atoms. The number of hydrogen-bond acceptors (Lipinski definition) is 6. The highest BCUT2D eigenvalue weighted by Crippen LogP contribution is 2.33. The predicted octanol–water partition coefficient (Wildman–Crippen LogP) is -0.986. The van der Waals surface area contributed by atoms with Crippen molar-refractivity contribution >= 4 is 11.9 Å². The molecule has 1 amide bonds. The maximum Gasteiger partial charge on any atom is 0.224 e. The van der Waals surface area contributed by atoms with Gasteiger partial charge in [-0.15, -0.1) is 0 Å². The number of amides is 1. The van der Waals surface area contributed by atoms with Crippen molar-refractivity contribution < 1.29 is 30.0 Å². The summed E-state index contributed by atoms with van der Waals surface area (Å²) >= 11 is 0. The van der Waals surface area contributed by atoms with Crippen molar-refractivity contribution in [1.82, 2.24) is 5.32 Å². The number of rotatable bonds is 10. The summed E-state index contributed by atoms with van der Waals surface area (Å²) in [5, 5.41) is 42.1. The highest BCUT2D eigenvalue weighted by atomic mass is 16.4. The highest BCUT2D eigenvalue weighted by Gasteiger charge is 2.37. The molecule has 3 atom stereocenters. The first kappa shape index (κ1) is 21.1. The van der Waals surface area contributed by atoms with Gasteiger partial charge in [0, 0.05) is 17.8 Å². The first-order valence-electron chi connectivity index (χ1n) is 8.26. The normalized spacial score (nSPS) is 15.2. The van der Waals surface area contributed by atoms with E-state index in [2.05, 4.69) is 5.32 Å². The van der Waals surface area contributed by atoms with Gasteiger partial charge in [0.15, 0.2) is 0 Å². The second kappa shape index (κ2) is 9.50. The molecule has 7 nitrogen and oxygen atoms in total. The van der Waals surface area contributed by atoms with Crippen LogP contribution in [0, 0.1) is 11.8 Å². The number of benzene rings is 1. The van der Waals surface area contributed by atoms with Crippen molar-refractivity contribution in [2.75, 3.05) is 19.8 Å². The molecular weight excluding hydrogens is 326 g/mol. The van der Waals surface area contributed by atoms with Crippen LogP contribution >= 0.6 is 0 Å². The zero-order chi connectivity index (χ0) is 19.0. The third kappa shape index (κ3) is 5.01. The number of carbonyl (C=O) groups is 2. The minimum Gasteiger partial charge on any atom is -0.550 e. The minimum absolute atomic E-state index is 0.432. The van der Waals surface area contributed by atoms with E-state index in [-0.39, 0.29) is 0 Å². The molecule has 4 N–H and O–H groups in total. The van der Waals surface area contributed by atoms with E-state index in [0.29, 0.717) is 6.42 Å². The molecule has 3 unspecified atom stereocenters. The standard InChI is InChI=1S/C18H27NO6/c1-3-14(13-7-5-4-6-8-13)15(17(24)25)12(2)16(23)19-18(9-20,10-21)11-22/h4-8,12,14-15,20-22H,3,9-11H2,1-2H3,(H,19,23)(H,24,25)/p-1. The Morgan fingerprint density at radius 2 is 1.64 bits per heavy atom. The van der Waals surface area contributed by atoms with Gasteiger partial charge >= 0.3 is 0 Å². The fourth-order valence-electron chi connectivity index (χ4n) is 2.92. The Bertz CT molecular complexity index is 550. The van der Waals surface area contributed by atoms with Gasteiger partial charge in [-0.3, -0.25) is 4.79 Å². The third-order valence-electron chi connectivity index (χ3n) is 4.62. The molecule has 0 aliphatic heterocycles. The van der Waals surface area contributed by atoms with Crippen molar-refractivity contribution in [3.63, 3.8) is 0 Å². The van der Waals surface area contributed by atoms with Crippen LogP contribution in [0.5, 0.6) is 0 Å². The van der Waals surface area contributed by atoms with Gasteiger partial charge in [-0.25, -0.2) is 0 Å². The number of aliphatic hydroxyl groups is 3. The summed E-state index contributed by atoms with van der Waals surface area (Å²) in [6.45, 7) is 1.26. The molecule has 0 aromatic heterocycles. The quantitative estimate of drug-likeness (QED) is 0.428. The Labute approximate surface area is 147 Å². The number of nitrogens with one attached hydrogen (secondary N) is 1. The lowest BCUT2D eigenvalue weighted by atomic mass is 9.76. The first-order chi connectivity index (χ1) is 11.9. The third-order valence-corrected chi connectivity index (χ3v) is 4.62. The van der Waals surface area contributed by atoms with Crippen LogP contribution in [0.3, 0.4) is 0 Å². The van der Waals surface area contributed by atoms with Crippen molar-refractivity contribution in [3.05, 3.63) is 35.9 Å². The Kier molecular flexibility index (Phi) is 8.02. The number of aliphatic hydroxyl groups excluding tert-OH is 3. The monoisotopic (exact) mass is 352 g/mol. The lowest BCUT2D eigenvalue weighted by molar-refractivity contribution is -0.313. The molecule has 0 saturated heterocycles. The van der Waals surface area contributed by atoms with Gasteiger partial charge in [-0.2, -0.15) is 0 Å². The fourth-order valence-corrected chi connectivity index (χ4v) is 2.92. The van der Waals surface area contributed by atoms with E-state index < -0.39 is 55.0 Å². The molecule has 0 radical (unpaired) electrons. The Morgan fingerprint density at radius 3 is 2.04 bits per heavy atom. The second-order valence-electron chi connectivity index (χ2n) is 6.30. The van der Waals surface area contributed by atoms with E-state index in [1.807, 2.05) is 13.0 Å². The summed E-state index contributed by atoms with van der Waals surface area (Å²) in [4.78, 5) is 24.3. The van der Waals surface area contributed by atoms with Gasteiger partial charge in [0.2, 0.25) is 5.91 Å². The molecule has 0 spiro atoms. The first-order valence-corrected chi connectivity index (χ1v) is 8.26. The van der Waals surface area contributed by atoms with Crippen molar-refractivity contribution in [3.8, 4) is 0 Å². The van der Waals surface area contributed by atoms with E-state index in [4.69, 9.17) is 0 Å². The Morgan fingerprint density at radius 1 is 1.12 bits per heavy atom. The molecular formula is C18H26NO6-. The molecule has 0 aliphatic carbocycles. The maximum absolute atomic E-state index is 12.5. The van der Waals surface area contributed by atoms with Crippen LogP contribution in [0.15, 0.2) is 30.3 Å². The molecule has 0 heterocycles. The number of carboxylic acid groups (broad SMARTS) is 1. The van der Waals surface area contributed by atoms with Crippen LogP contribution < -0.4 is 10.4 Å². The van der Waals surface area contributed by atoms with E-state index in [1.54, 1.807) is 24.3 Å². The number of hydrogen-bond donors (Lipinski definition) is 4. The van der Waals surface area contributed by atoms with Crippen LogP contribution in [-0.4, -0.2) is 52.6 Å². The lowest BCUT2D eigenvalue weighted by Gasteiger charge is -2.35. The molecule has 0 aliphatic rings. The van der Waals surface area contributed by atoms with E-state index in [0.717, 1.165) is 5.56 Å². The average Bonchev–Trinajstić information content (AvgIpc) is 2.63. The van der Waals surface area contributed by atoms with Crippen LogP contribution in [0.4, 0.5) is 0 Å². The fraction of sp³-hybridized carbons (Fsp3) is 0.556. The number of aliphatic carboxylic acids is 1. The zero-order valence-corrected chi connectivity index (χ0v) is 14.5. The predicted molar refractivity (Wildman–Crippen MR) is 89.3 cm³/mol. The topological polar surface area (TPSA) is 130 Å². The molecule has 7 heteroatoms. The summed E-state index contributed by atoms with van der Waals surface area (Å²) < 4.78 is 0. The Balaban J connectivity index is 3.08. The molecule has 1 rings (SSSR count). The zero-order valence-electron chi connectivity index (χ0n) is 14.5. The number of carboxylic acids is 1. The number of carbonyl (C=O) groups excluding carboxylic acids is 2. The van der Waals surface area contributed by atoms with Crippen molar-refractivity contribution in [2.24, 2.45) is 11.8 Å². The smallest absolute Gasteiger partial charge is 0.224 e. The van der Waals surface area contributed by atoms with Gasteiger partial charge in [0.05, 0.1) is 19.8 Å². The second-order valence-corrected chi connectivity index (χ2v) is 6.30. The minimum atomic E-state index is -1.60. The summed E-state index contributed by atoms with van der Waals surface area (Å²) in [6.07, 6.45) is 0.491. The largest absolute Gasteiger partial charge is 0.550 e. The van der Waals surface area contributed by atoms with Gasteiger partial charge in [-0.05, 0) is 17.9 Å². The van der Waals surface area contributed by atoms with Crippen LogP contribution in [0.1, 0.15) is 31.7 Å². The van der Waals surface area contributed by atoms with Gasteiger partial charge in [-0.1, -0.05) is 44.2 Å². The van der Waals surface area contributed by atoms with Gasteiger partial charge < -0.3 is 30.5 Å². The maximum atomic E-state index is 12.5. The Hall–Kier alpha value is -1.96. The van der Waals surface area contributed by atoms with Crippen molar-refractivity contribution in [1.29, 1.82) is 0 Å². The van der Waals surface area contributed by atoms with E-state index >= 15 is 0 Å². The lowest BCUT2D eigenvalue weighted by Crippen LogP contribution is -2.59. The summed E-state index contributed by atoms with van der Waals surface area (Å²) in [6, 6.07) is 9.01. The van der Waals surface area contributed by atoms with Gasteiger partial charge in [0.1, 0.15) is 5.54 Å². The van der Waals surface area contributed by atoms with Gasteiger partial charge in [0.25, 0.3) is 0 Å². The molecule has 0 fully saturated rings. The van der Waals surface area contributed by atoms with E-state index in [1.165, 1.54) is 6.92 Å². The molecule has 140 valence electrons. The summed E-state index contributed by atoms with van der Waals surface area (Å²) in [7, 11) is 0. The van der Waals surface area contributed by atoms with Crippen LogP contribution in [0.2, 0.25) is 0 Å². The summed E-state index contributed by atoms with van der Waals surface area (Å²) in [5.41, 5.74) is -0.812. The highest BCUT2D eigenvalue weighted by molar-refractivity contribution is 5.85. The molecule has 0 saturated carbocycles. The van der Waals surface area contributed by atoms with Crippen LogP contribution in [0.25, 0.3) is 0 Å². The SMILES string of the molecule is CCC(c1ccccc1)C(C(=O)[O-])C(C)C(=O)NC(CO)(CO)CO. The summed E-state index contributed by atoms with van der Waals surface area (Å²) in [5.74, 6) is -4.54. The van der Waals surface area contributed by atoms with Crippen LogP contribution in [-0.2, 0) is 9.59 Å². The molecule has 1 aromatic carbocycles. The molecule has 25 heavy (non-hydrogen) atoms. The van der Waals surface area contributed by atoms with E-state index in [9.17, 15) is 30.0 Å². The average molecular weight is 352 g/mol.